The zero-order valence-electron chi connectivity index (χ0n) is 31.1. The van der Waals surface area contributed by atoms with Gasteiger partial charge in [-0.2, -0.15) is 8.42 Å². The molecule has 2 unspecified atom stereocenters. The molecule has 20 atom stereocenters. The molecule has 4 saturated heterocycles. The lowest BCUT2D eigenvalue weighted by molar-refractivity contribution is -0.361. The van der Waals surface area contributed by atoms with Crippen molar-refractivity contribution in [1.82, 2.24) is 16.0 Å². The summed E-state index contributed by atoms with van der Waals surface area (Å²) in [6.07, 6.45) is -28.0. The van der Waals surface area contributed by atoms with E-state index in [0.29, 0.717) is 0 Å². The third-order valence-corrected chi connectivity index (χ3v) is 10.1. The van der Waals surface area contributed by atoms with Crippen LogP contribution in [0, 0.1) is 0 Å². The molecule has 4 rings (SSSR count). The number of aliphatic hydroxyl groups excluding tert-OH is 9. The minimum absolute atomic E-state index is 0.757. The maximum atomic E-state index is 12.4. The Morgan fingerprint density at radius 2 is 0.948 bits per heavy atom. The largest absolute Gasteiger partial charge is 0.397 e. The quantitative estimate of drug-likeness (QED) is 0.0680. The fraction of sp³-hybridized carbons (Fsp3) is 0.900. The first kappa shape index (κ1) is 48.3. The summed E-state index contributed by atoms with van der Waals surface area (Å²) in [5.74, 6) is -2.34. The summed E-state index contributed by atoms with van der Waals surface area (Å²) in [6.45, 7) is -0.659. The highest BCUT2D eigenvalue weighted by molar-refractivity contribution is 7.80. The summed E-state index contributed by atoms with van der Waals surface area (Å²) >= 11 is 0. The summed E-state index contributed by atoms with van der Waals surface area (Å²) in [4.78, 5) is 36.6. The van der Waals surface area contributed by atoms with Crippen LogP contribution in [0.15, 0.2) is 0 Å². The van der Waals surface area contributed by atoms with Gasteiger partial charge in [-0.05, 0) is 0 Å². The van der Waals surface area contributed by atoms with Gasteiger partial charge in [0.2, 0.25) is 17.7 Å². The van der Waals surface area contributed by atoms with Gasteiger partial charge in [0.15, 0.2) is 25.2 Å². The Labute approximate surface area is 330 Å². The van der Waals surface area contributed by atoms with Crippen LogP contribution in [0.4, 0.5) is 0 Å². The molecule has 28 heteroatoms. The van der Waals surface area contributed by atoms with Crippen molar-refractivity contribution in [2.75, 3.05) is 26.4 Å². The molecule has 3 amide bonds. The van der Waals surface area contributed by atoms with Crippen molar-refractivity contribution < 1.29 is 111 Å². The number of nitrogens with one attached hydrogen (secondary N) is 3. The number of hydrogen-bond acceptors (Lipinski definition) is 23. The number of amides is 3. The van der Waals surface area contributed by atoms with E-state index in [1.165, 1.54) is 0 Å². The predicted molar refractivity (Wildman–Crippen MR) is 181 cm³/mol. The van der Waals surface area contributed by atoms with E-state index in [1.54, 1.807) is 0 Å². The van der Waals surface area contributed by atoms with Crippen LogP contribution in [0.3, 0.4) is 0 Å². The SMILES string of the molecule is CC(=O)N[C@H]1[C@@H](O[C@H]2C(O)[C@@H](NC(C)=O)[C@H](O)O[C@@H]2COS(=O)(=O)O)O[C@H](CO)[C@@H](O[C@@H]2O[C@@H](CO)[C@@H](O[C@H]3O[C@H](CO)[C@@H](O)[C@H](O)[C@H]3N)C(O)[C@H]2NC(C)=O)[C@@H]1O. The smallest absolute Gasteiger partial charge is 0.394 e. The molecule has 0 aromatic rings. The van der Waals surface area contributed by atoms with Crippen molar-refractivity contribution in [3.63, 3.8) is 0 Å². The normalized spacial score (nSPS) is 43.6. The van der Waals surface area contributed by atoms with Crippen molar-refractivity contribution in [3.8, 4) is 0 Å². The summed E-state index contributed by atoms with van der Waals surface area (Å²) in [5.41, 5.74) is 5.97. The molecule has 0 saturated carbocycles. The van der Waals surface area contributed by atoms with Crippen LogP contribution in [0.5, 0.6) is 0 Å². The monoisotopic (exact) mass is 868 g/mol. The first-order valence-corrected chi connectivity index (χ1v) is 19.2. The van der Waals surface area contributed by atoms with Crippen LogP contribution in [-0.2, 0) is 62.1 Å². The van der Waals surface area contributed by atoms with Crippen LogP contribution in [-0.4, -0.2) is 226 Å². The number of aliphatic hydroxyl groups is 9. The van der Waals surface area contributed by atoms with Gasteiger partial charge in [0.05, 0.1) is 32.5 Å². The lowest BCUT2D eigenvalue weighted by Gasteiger charge is -2.50. The molecule has 0 aromatic carbocycles. The lowest BCUT2D eigenvalue weighted by Crippen LogP contribution is -2.71. The van der Waals surface area contributed by atoms with Gasteiger partial charge in [-0.3, -0.25) is 18.9 Å². The minimum atomic E-state index is -5.13. The van der Waals surface area contributed by atoms with Gasteiger partial charge in [-0.1, -0.05) is 0 Å². The number of rotatable bonds is 15. The molecule has 0 aromatic heterocycles. The average Bonchev–Trinajstić information content (AvgIpc) is 3.14. The molecule has 27 nitrogen and oxygen atoms in total. The van der Waals surface area contributed by atoms with Gasteiger partial charge < -0.3 is 101 Å². The van der Waals surface area contributed by atoms with Crippen LogP contribution in [0.1, 0.15) is 20.8 Å². The third kappa shape index (κ3) is 11.5. The molecular weight excluding hydrogens is 816 g/mol. The molecule has 0 radical (unpaired) electrons. The molecule has 4 aliphatic heterocycles. The van der Waals surface area contributed by atoms with Gasteiger partial charge in [-0.25, -0.2) is 4.18 Å². The fourth-order valence-electron chi connectivity index (χ4n) is 6.95. The first-order chi connectivity index (χ1) is 27.1. The van der Waals surface area contributed by atoms with E-state index < -0.39 is 177 Å². The number of hydrogen-bond donors (Lipinski definition) is 14. The van der Waals surface area contributed by atoms with Gasteiger partial charge >= 0.3 is 10.4 Å². The Hall–Kier alpha value is -2.40. The molecule has 15 N–H and O–H groups in total. The van der Waals surface area contributed by atoms with Crippen molar-refractivity contribution in [2.24, 2.45) is 5.73 Å². The summed E-state index contributed by atoms with van der Waals surface area (Å²) < 4.78 is 76.4. The molecule has 4 heterocycles. The van der Waals surface area contributed by atoms with Gasteiger partial charge in [0, 0.05) is 20.8 Å². The van der Waals surface area contributed by atoms with E-state index in [9.17, 15) is 68.8 Å². The molecule has 4 fully saturated rings. The number of carbonyl (C=O) groups excluding carboxylic acids is 3. The highest BCUT2D eigenvalue weighted by atomic mass is 32.3. The van der Waals surface area contributed by atoms with Gasteiger partial charge in [-0.15, -0.1) is 0 Å². The van der Waals surface area contributed by atoms with Crippen LogP contribution >= 0.6 is 0 Å². The Morgan fingerprint density at radius 1 is 0.569 bits per heavy atom. The summed E-state index contributed by atoms with van der Waals surface area (Å²) in [5, 5.41) is 103. The summed E-state index contributed by atoms with van der Waals surface area (Å²) in [7, 11) is -5.13. The highest BCUT2D eigenvalue weighted by Crippen LogP contribution is 2.34. The van der Waals surface area contributed by atoms with E-state index in [-0.39, 0.29) is 0 Å². The molecule has 0 bridgehead atoms. The van der Waals surface area contributed by atoms with Crippen molar-refractivity contribution in [3.05, 3.63) is 0 Å². The van der Waals surface area contributed by atoms with Gasteiger partial charge in [0.25, 0.3) is 0 Å². The van der Waals surface area contributed by atoms with Crippen molar-refractivity contribution in [1.29, 1.82) is 0 Å². The molecule has 0 aliphatic carbocycles. The van der Waals surface area contributed by atoms with Crippen LogP contribution in [0.25, 0.3) is 0 Å². The molecule has 4 aliphatic rings. The van der Waals surface area contributed by atoms with E-state index in [1.807, 2.05) is 0 Å². The number of carbonyl (C=O) groups is 3. The predicted octanol–water partition coefficient (Wildman–Crippen LogP) is -9.52. The minimum Gasteiger partial charge on any atom is -0.394 e. The Morgan fingerprint density at radius 3 is 1.36 bits per heavy atom. The van der Waals surface area contributed by atoms with Crippen LogP contribution in [0.2, 0.25) is 0 Å². The Bertz CT molecular complexity index is 1500. The molecule has 58 heavy (non-hydrogen) atoms. The van der Waals surface area contributed by atoms with E-state index in [0.717, 1.165) is 20.8 Å². The van der Waals surface area contributed by atoms with E-state index in [2.05, 4.69) is 20.1 Å². The number of ether oxygens (including phenoxy) is 7. The maximum absolute atomic E-state index is 12.4. The molecular formula is C30H52N4O23S. The lowest BCUT2D eigenvalue weighted by atomic mass is 9.93. The van der Waals surface area contributed by atoms with Crippen LogP contribution < -0.4 is 21.7 Å². The molecule has 0 spiro atoms. The topological polar surface area (TPSA) is 424 Å². The zero-order chi connectivity index (χ0) is 43.4. The van der Waals surface area contributed by atoms with Gasteiger partial charge in [0.1, 0.15) is 91.4 Å². The average molecular weight is 869 g/mol. The van der Waals surface area contributed by atoms with Crippen molar-refractivity contribution in [2.45, 2.75) is 143 Å². The van der Waals surface area contributed by atoms with E-state index in [4.69, 9.17) is 43.4 Å². The van der Waals surface area contributed by atoms with E-state index >= 15 is 0 Å². The third-order valence-electron chi connectivity index (χ3n) is 9.69. The second-order valence-electron chi connectivity index (χ2n) is 14.0. The van der Waals surface area contributed by atoms with Crippen molar-refractivity contribution >= 4 is 28.1 Å². The molecule has 336 valence electrons. The maximum Gasteiger partial charge on any atom is 0.397 e. The Balaban J connectivity index is 1.62. The second kappa shape index (κ2) is 20.4. The highest BCUT2D eigenvalue weighted by Gasteiger charge is 2.56. The first-order valence-electron chi connectivity index (χ1n) is 17.8. The second-order valence-corrected chi connectivity index (χ2v) is 15.1. The Kier molecular flexibility index (Phi) is 17.0. The summed E-state index contributed by atoms with van der Waals surface area (Å²) in [6, 6.07) is -6.41. The zero-order valence-corrected chi connectivity index (χ0v) is 32.0. The fourth-order valence-corrected chi connectivity index (χ4v) is 7.26. The standard InChI is InChI=1S/C30H52N4O23S/c1-8(38)32-16-21(43)26(14(51-27(16)46)7-50-58(47,48)49)57-30-18(34-10(3)40)23(45)25(13(6-37)54-30)56-29-17(33-9(2)39)22(44)24(12(5-36)53-29)55-28-15(31)20(42)19(41)11(4-35)52-28/h11-30,35-37,41-46H,4-7,31H2,1-3H3,(H,32,38)(H,33,39)(H,34,40)(H,47,48,49)/t11-,12+,13-,14-,15-,16-,17-,18-,19-,20-,21?,22?,23-,24-,25-,26-,27-,28-,29+,30-/m1/s1. The number of nitrogens with two attached hydrogens (primary N) is 1.